The zero-order valence-electron chi connectivity index (χ0n) is 20.9. The van der Waals surface area contributed by atoms with E-state index in [-0.39, 0.29) is 31.3 Å². The van der Waals surface area contributed by atoms with Gasteiger partial charge in [-0.15, -0.1) is 0 Å². The van der Waals surface area contributed by atoms with Crippen LogP contribution in [0.3, 0.4) is 0 Å². The zero-order valence-corrected chi connectivity index (χ0v) is 22.5. The van der Waals surface area contributed by atoms with Crippen molar-refractivity contribution in [2.45, 2.75) is 63.7 Å². The lowest BCUT2D eigenvalue weighted by Gasteiger charge is -2.26. The predicted octanol–water partition coefficient (Wildman–Crippen LogP) is -0.931. The molecule has 4 atom stereocenters. The van der Waals surface area contributed by atoms with Crippen molar-refractivity contribution in [1.82, 2.24) is 16.0 Å². The van der Waals surface area contributed by atoms with Crippen LogP contribution in [0.4, 0.5) is 0 Å². The first-order valence-electron chi connectivity index (χ1n) is 11.4. The van der Waals surface area contributed by atoms with Gasteiger partial charge in [0.25, 0.3) is 0 Å². The molecule has 14 heteroatoms. The standard InChI is InChI=1S/C21H41N7O5S2/c1-12(2)16(20(32)33)28-19(31)15(8-11-35-4)27-18(30)14(6-5-9-25-21(23)24)26-17(29)13(22)7-10-34-3/h12-16H,5-11,22H2,1-4H3,(H,26,29)(H,27,30)(H,28,31)(H,32,33)(H4,23,24,25). The van der Waals surface area contributed by atoms with Crippen molar-refractivity contribution in [2.24, 2.45) is 28.1 Å². The molecule has 10 N–H and O–H groups in total. The van der Waals surface area contributed by atoms with Crippen molar-refractivity contribution >= 4 is 53.2 Å². The summed E-state index contributed by atoms with van der Waals surface area (Å²) in [6.45, 7) is 3.61. The van der Waals surface area contributed by atoms with Gasteiger partial charge in [0.1, 0.15) is 18.1 Å². The van der Waals surface area contributed by atoms with Crippen LogP contribution in [-0.4, -0.2) is 89.5 Å². The van der Waals surface area contributed by atoms with Crippen molar-refractivity contribution in [3.63, 3.8) is 0 Å². The van der Waals surface area contributed by atoms with Crippen molar-refractivity contribution in [3.05, 3.63) is 0 Å². The Morgan fingerprint density at radius 2 is 1.37 bits per heavy atom. The molecule has 3 amide bonds. The van der Waals surface area contributed by atoms with Crippen LogP contribution < -0.4 is 33.2 Å². The Labute approximate surface area is 215 Å². The van der Waals surface area contributed by atoms with Gasteiger partial charge in [0.2, 0.25) is 17.7 Å². The molecule has 0 heterocycles. The maximum atomic E-state index is 13.1. The molecule has 4 unspecified atom stereocenters. The van der Waals surface area contributed by atoms with Crippen LogP contribution in [0, 0.1) is 5.92 Å². The lowest BCUT2D eigenvalue weighted by Crippen LogP contribution is -2.57. The summed E-state index contributed by atoms with van der Waals surface area (Å²) in [5, 5.41) is 17.2. The summed E-state index contributed by atoms with van der Waals surface area (Å²) in [5.41, 5.74) is 16.6. The summed E-state index contributed by atoms with van der Waals surface area (Å²) in [6, 6.07) is -3.83. The molecule has 0 bridgehead atoms. The Kier molecular flexibility index (Phi) is 17.0. The number of thioether (sulfide) groups is 2. The van der Waals surface area contributed by atoms with Crippen LogP contribution in [0.1, 0.15) is 39.5 Å². The molecule has 12 nitrogen and oxygen atoms in total. The minimum atomic E-state index is -1.16. The van der Waals surface area contributed by atoms with E-state index in [4.69, 9.17) is 17.2 Å². The molecule has 0 radical (unpaired) electrons. The molecule has 0 aromatic rings. The number of rotatable bonds is 18. The smallest absolute Gasteiger partial charge is 0.326 e. The maximum Gasteiger partial charge on any atom is 0.326 e. The van der Waals surface area contributed by atoms with Gasteiger partial charge in [-0.3, -0.25) is 19.4 Å². The molecule has 35 heavy (non-hydrogen) atoms. The molecular formula is C21H41N7O5S2. The van der Waals surface area contributed by atoms with Gasteiger partial charge in [0.05, 0.1) is 6.04 Å². The van der Waals surface area contributed by atoms with Gasteiger partial charge in [0.15, 0.2) is 5.96 Å². The molecule has 0 aliphatic heterocycles. The Balaban J connectivity index is 5.52. The average molecular weight is 536 g/mol. The molecule has 0 rings (SSSR count). The first-order chi connectivity index (χ1) is 16.4. The molecule has 0 fully saturated rings. The predicted molar refractivity (Wildman–Crippen MR) is 142 cm³/mol. The number of carbonyl (C=O) groups is 4. The Hall–Kier alpha value is -2.19. The fourth-order valence-electron chi connectivity index (χ4n) is 2.97. The van der Waals surface area contributed by atoms with Crippen LogP contribution in [0.5, 0.6) is 0 Å². The highest BCUT2D eigenvalue weighted by atomic mass is 32.2. The van der Waals surface area contributed by atoms with Gasteiger partial charge < -0.3 is 38.3 Å². The van der Waals surface area contributed by atoms with Gasteiger partial charge in [-0.2, -0.15) is 23.5 Å². The fourth-order valence-corrected chi connectivity index (χ4v) is 3.93. The van der Waals surface area contributed by atoms with Crippen LogP contribution in [0.2, 0.25) is 0 Å². The number of nitrogens with zero attached hydrogens (tertiary/aromatic N) is 1. The lowest BCUT2D eigenvalue weighted by atomic mass is 10.0. The number of aliphatic imine (C=N–C) groups is 1. The van der Waals surface area contributed by atoms with Crippen LogP contribution >= 0.6 is 23.5 Å². The Morgan fingerprint density at radius 1 is 0.857 bits per heavy atom. The SMILES string of the molecule is CSCCC(N)C(=O)NC(CCCN=C(N)N)C(=O)NC(CCSC)C(=O)NC(C(=O)O)C(C)C. The third kappa shape index (κ3) is 14.1. The zero-order chi connectivity index (χ0) is 27.0. The van der Waals surface area contributed by atoms with E-state index in [1.165, 1.54) is 11.8 Å². The summed E-state index contributed by atoms with van der Waals surface area (Å²) in [5.74, 6) is -2.00. The molecule has 0 aliphatic carbocycles. The van der Waals surface area contributed by atoms with Crippen LogP contribution in [0.25, 0.3) is 0 Å². The number of aliphatic carboxylic acids is 1. The first-order valence-corrected chi connectivity index (χ1v) is 14.2. The number of guanidine groups is 1. The molecule has 0 aliphatic rings. The Bertz CT molecular complexity index is 720. The van der Waals surface area contributed by atoms with Gasteiger partial charge in [-0.05, 0) is 55.6 Å². The number of nitrogens with two attached hydrogens (primary N) is 3. The molecule has 0 spiro atoms. The van der Waals surface area contributed by atoms with Crippen molar-refractivity contribution in [2.75, 3.05) is 30.6 Å². The van der Waals surface area contributed by atoms with Crippen LogP contribution in [-0.2, 0) is 19.2 Å². The quantitative estimate of drug-likeness (QED) is 0.0650. The van der Waals surface area contributed by atoms with E-state index in [9.17, 15) is 24.3 Å². The summed E-state index contributed by atoms with van der Waals surface area (Å²) in [4.78, 5) is 53.9. The van der Waals surface area contributed by atoms with Gasteiger partial charge in [-0.25, -0.2) is 4.79 Å². The van der Waals surface area contributed by atoms with Gasteiger partial charge in [0, 0.05) is 6.54 Å². The third-order valence-corrected chi connectivity index (χ3v) is 6.31. The van der Waals surface area contributed by atoms with E-state index in [1.807, 2.05) is 12.5 Å². The number of carbonyl (C=O) groups excluding carboxylic acids is 3. The number of hydrogen-bond acceptors (Lipinski definition) is 8. The molecule has 0 aromatic heterocycles. The number of nitrogens with one attached hydrogen (secondary N) is 3. The van der Waals surface area contributed by atoms with E-state index >= 15 is 0 Å². The lowest BCUT2D eigenvalue weighted by molar-refractivity contribution is -0.143. The monoisotopic (exact) mass is 535 g/mol. The second-order valence-electron chi connectivity index (χ2n) is 8.31. The van der Waals surface area contributed by atoms with Crippen molar-refractivity contribution in [1.29, 1.82) is 0 Å². The highest BCUT2D eigenvalue weighted by Crippen LogP contribution is 2.08. The number of amides is 3. The van der Waals surface area contributed by atoms with Crippen molar-refractivity contribution < 1.29 is 24.3 Å². The average Bonchev–Trinajstić information content (AvgIpc) is 2.79. The van der Waals surface area contributed by atoms with E-state index in [1.54, 1.807) is 25.6 Å². The summed E-state index contributed by atoms with van der Waals surface area (Å²) < 4.78 is 0. The van der Waals surface area contributed by atoms with Gasteiger partial charge >= 0.3 is 5.97 Å². The fraction of sp³-hybridized carbons (Fsp3) is 0.762. The van der Waals surface area contributed by atoms with E-state index < -0.39 is 47.9 Å². The first kappa shape index (κ1) is 32.8. The molecule has 0 aromatic carbocycles. The summed E-state index contributed by atoms with van der Waals surface area (Å²) in [7, 11) is 0. The summed E-state index contributed by atoms with van der Waals surface area (Å²) >= 11 is 3.04. The van der Waals surface area contributed by atoms with Crippen molar-refractivity contribution in [3.8, 4) is 0 Å². The van der Waals surface area contributed by atoms with E-state index in [0.717, 1.165) is 0 Å². The second kappa shape index (κ2) is 18.1. The normalized spacial score (nSPS) is 14.3. The van der Waals surface area contributed by atoms with E-state index in [2.05, 4.69) is 20.9 Å². The number of hydrogen-bond donors (Lipinski definition) is 7. The molecule has 0 saturated carbocycles. The third-order valence-electron chi connectivity index (χ3n) is 5.02. The largest absolute Gasteiger partial charge is 0.480 e. The maximum absolute atomic E-state index is 13.1. The van der Waals surface area contributed by atoms with Gasteiger partial charge in [-0.1, -0.05) is 13.8 Å². The minimum absolute atomic E-state index is 0.0823. The molecular weight excluding hydrogens is 494 g/mol. The van der Waals surface area contributed by atoms with Crippen LogP contribution in [0.15, 0.2) is 4.99 Å². The number of carboxylic acids is 1. The highest BCUT2D eigenvalue weighted by molar-refractivity contribution is 7.98. The second-order valence-corrected chi connectivity index (χ2v) is 10.3. The Morgan fingerprint density at radius 3 is 1.89 bits per heavy atom. The molecule has 0 saturated heterocycles. The minimum Gasteiger partial charge on any atom is -0.480 e. The van der Waals surface area contributed by atoms with E-state index in [0.29, 0.717) is 24.3 Å². The molecule has 202 valence electrons. The summed E-state index contributed by atoms with van der Waals surface area (Å²) in [6.07, 6.45) is 5.09. The highest BCUT2D eigenvalue weighted by Gasteiger charge is 2.31. The topological polar surface area (TPSA) is 215 Å². The number of carboxylic acid groups (broad SMARTS) is 1.